The van der Waals surface area contributed by atoms with Crippen LogP contribution in [0.2, 0.25) is 0 Å². The molecule has 0 saturated carbocycles. The summed E-state index contributed by atoms with van der Waals surface area (Å²) in [7, 11) is 0. The Morgan fingerprint density at radius 2 is 2.15 bits per heavy atom. The lowest BCUT2D eigenvalue weighted by Gasteiger charge is -2.18. The third kappa shape index (κ3) is 5.54. The molecule has 0 aliphatic rings. The molecule has 1 unspecified atom stereocenters. The number of carbonyl (C=O) groups excluding carboxylic acids is 1. The zero-order valence-corrected chi connectivity index (χ0v) is 13.4. The zero-order chi connectivity index (χ0) is 15.1. The average Bonchev–Trinajstić information content (AvgIpc) is 2.69. The number of hydrogen-bond acceptors (Lipinski definition) is 5. The number of hydrogen-bond donors (Lipinski definition) is 2. The SMILES string of the molecule is Cc1noc(C)c1CSCC(=O)NC(CO)CC(C)C. The summed E-state index contributed by atoms with van der Waals surface area (Å²) in [6.45, 7) is 7.90. The van der Waals surface area contributed by atoms with Crippen molar-refractivity contribution in [3.8, 4) is 0 Å². The molecule has 0 aliphatic carbocycles. The lowest BCUT2D eigenvalue weighted by atomic mass is 10.0. The zero-order valence-electron chi connectivity index (χ0n) is 12.6. The van der Waals surface area contributed by atoms with Crippen molar-refractivity contribution in [3.63, 3.8) is 0 Å². The average molecular weight is 300 g/mol. The number of nitrogens with zero attached hydrogens (tertiary/aromatic N) is 1. The van der Waals surface area contributed by atoms with Gasteiger partial charge >= 0.3 is 0 Å². The van der Waals surface area contributed by atoms with E-state index in [1.165, 1.54) is 11.8 Å². The maximum absolute atomic E-state index is 11.8. The molecule has 1 aromatic heterocycles. The Balaban J connectivity index is 2.33. The topological polar surface area (TPSA) is 75.4 Å². The lowest BCUT2D eigenvalue weighted by molar-refractivity contribution is -0.119. The van der Waals surface area contributed by atoms with E-state index in [1.54, 1.807) is 0 Å². The van der Waals surface area contributed by atoms with E-state index in [0.717, 1.165) is 23.4 Å². The summed E-state index contributed by atoms with van der Waals surface area (Å²) in [6.07, 6.45) is 0.788. The first-order valence-electron chi connectivity index (χ1n) is 6.83. The standard InChI is InChI=1S/C14H24N2O3S/c1-9(2)5-12(6-17)15-14(18)8-20-7-13-10(3)16-19-11(13)4/h9,12,17H,5-8H2,1-4H3,(H,15,18). The van der Waals surface area contributed by atoms with Crippen LogP contribution < -0.4 is 5.32 Å². The quantitative estimate of drug-likeness (QED) is 0.768. The van der Waals surface area contributed by atoms with Crippen LogP contribution in [0.15, 0.2) is 4.52 Å². The summed E-state index contributed by atoms with van der Waals surface area (Å²) in [4.78, 5) is 11.8. The Kier molecular flexibility index (Phi) is 7.09. The maximum Gasteiger partial charge on any atom is 0.230 e. The number of rotatable bonds is 8. The first-order chi connectivity index (χ1) is 9.43. The van der Waals surface area contributed by atoms with E-state index in [0.29, 0.717) is 17.4 Å². The summed E-state index contributed by atoms with van der Waals surface area (Å²) < 4.78 is 5.08. The minimum Gasteiger partial charge on any atom is -0.394 e. The fourth-order valence-electron chi connectivity index (χ4n) is 1.97. The third-order valence-corrected chi connectivity index (χ3v) is 3.96. The second-order valence-electron chi connectivity index (χ2n) is 5.37. The van der Waals surface area contributed by atoms with Crippen LogP contribution in [0.4, 0.5) is 0 Å². The third-order valence-electron chi connectivity index (χ3n) is 3.00. The molecule has 0 bridgehead atoms. The van der Waals surface area contributed by atoms with Gasteiger partial charge in [0, 0.05) is 11.3 Å². The number of nitrogens with one attached hydrogen (secondary N) is 1. The summed E-state index contributed by atoms with van der Waals surface area (Å²) in [5.41, 5.74) is 1.94. The molecule has 1 amide bonds. The van der Waals surface area contributed by atoms with Crippen molar-refractivity contribution in [2.45, 2.75) is 45.9 Å². The summed E-state index contributed by atoms with van der Waals surface area (Å²) in [6, 6.07) is -0.151. The largest absolute Gasteiger partial charge is 0.394 e. The van der Waals surface area contributed by atoms with Gasteiger partial charge in [0.25, 0.3) is 0 Å². The van der Waals surface area contributed by atoms with E-state index in [1.807, 2.05) is 13.8 Å². The molecule has 0 aromatic carbocycles. The van der Waals surface area contributed by atoms with Gasteiger partial charge in [-0.05, 0) is 26.2 Å². The Morgan fingerprint density at radius 3 is 2.65 bits per heavy atom. The Hall–Kier alpha value is -1.01. The highest BCUT2D eigenvalue weighted by Gasteiger charge is 2.14. The van der Waals surface area contributed by atoms with Crippen LogP contribution in [0.5, 0.6) is 0 Å². The van der Waals surface area contributed by atoms with Gasteiger partial charge in [-0.2, -0.15) is 0 Å². The number of thioether (sulfide) groups is 1. The van der Waals surface area contributed by atoms with Crippen molar-refractivity contribution in [1.29, 1.82) is 0 Å². The molecule has 0 saturated heterocycles. The van der Waals surface area contributed by atoms with Crippen LogP contribution >= 0.6 is 11.8 Å². The van der Waals surface area contributed by atoms with Crippen LogP contribution in [-0.4, -0.2) is 34.6 Å². The van der Waals surface area contributed by atoms with Gasteiger partial charge in [0.2, 0.25) is 5.91 Å². The van der Waals surface area contributed by atoms with Gasteiger partial charge in [-0.3, -0.25) is 4.79 Å². The predicted molar refractivity (Wildman–Crippen MR) is 80.6 cm³/mol. The molecule has 114 valence electrons. The highest BCUT2D eigenvalue weighted by molar-refractivity contribution is 7.99. The van der Waals surface area contributed by atoms with E-state index in [-0.39, 0.29) is 18.6 Å². The molecule has 1 aromatic rings. The van der Waals surface area contributed by atoms with Crippen LogP contribution in [0.25, 0.3) is 0 Å². The van der Waals surface area contributed by atoms with Gasteiger partial charge < -0.3 is 14.9 Å². The maximum atomic E-state index is 11.8. The second-order valence-corrected chi connectivity index (χ2v) is 6.36. The normalized spacial score (nSPS) is 12.7. The molecule has 1 atom stereocenters. The minimum absolute atomic E-state index is 0.0154. The van der Waals surface area contributed by atoms with Crippen molar-refractivity contribution in [2.24, 2.45) is 5.92 Å². The molecule has 0 radical (unpaired) electrons. The molecule has 0 aliphatic heterocycles. The summed E-state index contributed by atoms with van der Waals surface area (Å²) in [5, 5.41) is 16.0. The van der Waals surface area contributed by atoms with E-state index >= 15 is 0 Å². The van der Waals surface area contributed by atoms with Crippen LogP contribution in [0.1, 0.15) is 37.3 Å². The van der Waals surface area contributed by atoms with Gasteiger partial charge in [-0.25, -0.2) is 0 Å². The number of aryl methyl sites for hydroxylation is 2. The van der Waals surface area contributed by atoms with Crippen LogP contribution in [0.3, 0.4) is 0 Å². The number of aliphatic hydroxyl groups excluding tert-OH is 1. The van der Waals surface area contributed by atoms with Gasteiger partial charge in [-0.15, -0.1) is 11.8 Å². The van der Waals surface area contributed by atoms with Crippen molar-refractivity contribution in [3.05, 3.63) is 17.0 Å². The molecule has 20 heavy (non-hydrogen) atoms. The summed E-state index contributed by atoms with van der Waals surface area (Å²) >= 11 is 1.53. The van der Waals surface area contributed by atoms with E-state index < -0.39 is 0 Å². The number of amides is 1. The highest BCUT2D eigenvalue weighted by Crippen LogP contribution is 2.19. The number of aliphatic hydroxyl groups is 1. The van der Waals surface area contributed by atoms with Crippen molar-refractivity contribution >= 4 is 17.7 Å². The lowest BCUT2D eigenvalue weighted by Crippen LogP contribution is -2.39. The Labute approximate surface area is 124 Å². The first-order valence-corrected chi connectivity index (χ1v) is 7.99. The molecule has 6 heteroatoms. The fourth-order valence-corrected chi connectivity index (χ4v) is 2.96. The summed E-state index contributed by atoms with van der Waals surface area (Å²) in [5.74, 6) is 2.30. The van der Waals surface area contributed by atoms with Crippen LogP contribution in [-0.2, 0) is 10.5 Å². The minimum atomic E-state index is -0.151. The molecule has 5 nitrogen and oxygen atoms in total. The Morgan fingerprint density at radius 1 is 1.45 bits per heavy atom. The molecule has 1 rings (SSSR count). The molecular formula is C14H24N2O3S. The molecular weight excluding hydrogens is 276 g/mol. The monoisotopic (exact) mass is 300 g/mol. The highest BCUT2D eigenvalue weighted by atomic mass is 32.2. The molecule has 2 N–H and O–H groups in total. The van der Waals surface area contributed by atoms with Gasteiger partial charge in [0.05, 0.1) is 24.1 Å². The van der Waals surface area contributed by atoms with Crippen LogP contribution in [0, 0.1) is 19.8 Å². The van der Waals surface area contributed by atoms with Crippen molar-refractivity contribution in [2.75, 3.05) is 12.4 Å². The van der Waals surface area contributed by atoms with Gasteiger partial charge in [-0.1, -0.05) is 19.0 Å². The fraction of sp³-hybridized carbons (Fsp3) is 0.714. The molecule has 1 heterocycles. The van der Waals surface area contributed by atoms with Gasteiger partial charge in [0.1, 0.15) is 5.76 Å². The van der Waals surface area contributed by atoms with E-state index in [4.69, 9.17) is 4.52 Å². The number of carbonyl (C=O) groups is 1. The Bertz CT molecular complexity index is 413. The van der Waals surface area contributed by atoms with Crippen molar-refractivity contribution < 1.29 is 14.4 Å². The van der Waals surface area contributed by atoms with Gasteiger partial charge in [0.15, 0.2) is 0 Å². The smallest absolute Gasteiger partial charge is 0.230 e. The molecule has 0 spiro atoms. The van der Waals surface area contributed by atoms with E-state index in [9.17, 15) is 9.90 Å². The van der Waals surface area contributed by atoms with Crippen molar-refractivity contribution in [1.82, 2.24) is 10.5 Å². The predicted octanol–water partition coefficient (Wildman–Crippen LogP) is 2.05. The molecule has 0 fully saturated rings. The van der Waals surface area contributed by atoms with E-state index in [2.05, 4.69) is 24.3 Å². The second kappa shape index (κ2) is 8.32. The first kappa shape index (κ1) is 17.0. The number of aromatic nitrogens is 1.